The fourth-order valence-electron chi connectivity index (χ4n) is 1.000. The van der Waals surface area contributed by atoms with Gasteiger partial charge in [0.25, 0.3) is 0 Å². The molecular formula is C10H7BrClNO2. The number of carbonyl (C=O) groups is 1. The lowest BCUT2D eigenvalue weighted by Crippen LogP contribution is -2.05. The lowest BCUT2D eigenvalue weighted by atomic mass is 10.1. The van der Waals surface area contributed by atoms with Crippen LogP contribution in [0.2, 0.25) is 5.02 Å². The smallest absolute Gasteiger partial charge is 0.339 e. The third-order valence-corrected chi connectivity index (χ3v) is 2.64. The number of carbonyl (C=O) groups excluding carboxylic acids is 1. The van der Waals surface area contributed by atoms with Gasteiger partial charge in [-0.1, -0.05) is 11.6 Å². The van der Waals surface area contributed by atoms with Crippen LogP contribution in [0.4, 0.5) is 0 Å². The summed E-state index contributed by atoms with van der Waals surface area (Å²) in [6.45, 7) is 1.98. The van der Waals surface area contributed by atoms with Gasteiger partial charge in [0.05, 0.1) is 22.8 Å². The van der Waals surface area contributed by atoms with Crippen LogP contribution in [-0.2, 0) is 4.74 Å². The van der Waals surface area contributed by atoms with Gasteiger partial charge < -0.3 is 4.74 Å². The summed E-state index contributed by atoms with van der Waals surface area (Å²) >= 11 is 9.02. The van der Waals surface area contributed by atoms with E-state index in [1.165, 1.54) is 12.1 Å². The Morgan fingerprint density at radius 1 is 1.67 bits per heavy atom. The highest BCUT2D eigenvalue weighted by atomic mass is 79.9. The molecular weight excluding hydrogens is 281 g/mol. The Bertz CT molecular complexity index is 440. The molecule has 0 radical (unpaired) electrons. The standard InChI is InChI=1S/C10H7BrClNO2/c1-2-15-10(14)7-3-6(5-13)8(11)4-9(7)12/h3-4H,2H2,1H3. The first-order valence-electron chi connectivity index (χ1n) is 4.16. The maximum Gasteiger partial charge on any atom is 0.339 e. The summed E-state index contributed by atoms with van der Waals surface area (Å²) in [6.07, 6.45) is 0. The monoisotopic (exact) mass is 287 g/mol. The highest BCUT2D eigenvalue weighted by Crippen LogP contribution is 2.25. The molecule has 1 rings (SSSR count). The molecule has 0 bridgehead atoms. The van der Waals surface area contributed by atoms with Gasteiger partial charge in [0.15, 0.2) is 0 Å². The number of ether oxygens (including phenoxy) is 1. The molecule has 0 amide bonds. The SMILES string of the molecule is CCOC(=O)c1cc(C#N)c(Br)cc1Cl. The van der Waals surface area contributed by atoms with Crippen LogP contribution in [0.15, 0.2) is 16.6 Å². The number of halogens is 2. The zero-order chi connectivity index (χ0) is 11.4. The van der Waals surface area contributed by atoms with Crippen molar-refractivity contribution in [3.63, 3.8) is 0 Å². The molecule has 0 spiro atoms. The molecule has 3 nitrogen and oxygen atoms in total. The fraction of sp³-hybridized carbons (Fsp3) is 0.200. The zero-order valence-electron chi connectivity index (χ0n) is 7.88. The first-order chi connectivity index (χ1) is 7.10. The first-order valence-corrected chi connectivity index (χ1v) is 5.33. The number of hydrogen-bond acceptors (Lipinski definition) is 3. The van der Waals surface area contributed by atoms with Crippen LogP contribution in [0.25, 0.3) is 0 Å². The van der Waals surface area contributed by atoms with Gasteiger partial charge in [-0.3, -0.25) is 0 Å². The van der Waals surface area contributed by atoms with Crippen molar-refractivity contribution >= 4 is 33.5 Å². The van der Waals surface area contributed by atoms with Crippen LogP contribution in [-0.4, -0.2) is 12.6 Å². The maximum absolute atomic E-state index is 11.4. The number of nitrogens with zero attached hydrogens (tertiary/aromatic N) is 1. The minimum atomic E-state index is -0.522. The second kappa shape index (κ2) is 5.15. The Kier molecular flexibility index (Phi) is 4.13. The predicted molar refractivity (Wildman–Crippen MR) is 59.8 cm³/mol. The van der Waals surface area contributed by atoms with Crippen molar-refractivity contribution in [3.8, 4) is 6.07 Å². The number of nitriles is 1. The Balaban J connectivity index is 3.20. The van der Waals surface area contributed by atoms with Gasteiger partial charge >= 0.3 is 5.97 Å². The van der Waals surface area contributed by atoms with E-state index in [9.17, 15) is 4.79 Å². The molecule has 0 fully saturated rings. The number of esters is 1. The molecule has 0 aliphatic carbocycles. The summed E-state index contributed by atoms with van der Waals surface area (Å²) in [4.78, 5) is 11.4. The Hall–Kier alpha value is -1.05. The van der Waals surface area contributed by atoms with Crippen LogP contribution >= 0.6 is 27.5 Å². The first kappa shape index (κ1) is 12.0. The maximum atomic E-state index is 11.4. The fourth-order valence-corrected chi connectivity index (χ4v) is 1.80. The molecule has 0 saturated heterocycles. The van der Waals surface area contributed by atoms with E-state index in [1.807, 2.05) is 6.07 Å². The summed E-state index contributed by atoms with van der Waals surface area (Å²) in [5.74, 6) is -0.522. The van der Waals surface area contributed by atoms with Crippen molar-refractivity contribution in [2.75, 3.05) is 6.61 Å². The summed E-state index contributed by atoms with van der Waals surface area (Å²) in [6, 6.07) is 4.86. The van der Waals surface area contributed by atoms with Crippen LogP contribution in [0.5, 0.6) is 0 Å². The largest absolute Gasteiger partial charge is 0.462 e. The molecule has 0 aliphatic rings. The number of benzene rings is 1. The lowest BCUT2D eigenvalue weighted by molar-refractivity contribution is 0.0526. The van der Waals surface area contributed by atoms with Crippen molar-refractivity contribution < 1.29 is 9.53 Å². The Morgan fingerprint density at radius 3 is 2.87 bits per heavy atom. The van der Waals surface area contributed by atoms with Gasteiger partial charge in [0, 0.05) is 4.47 Å². The molecule has 1 aromatic carbocycles. The van der Waals surface area contributed by atoms with Gasteiger partial charge in [-0.2, -0.15) is 5.26 Å². The normalized spacial score (nSPS) is 9.47. The summed E-state index contributed by atoms with van der Waals surface area (Å²) in [7, 11) is 0. The van der Waals surface area contributed by atoms with E-state index in [4.69, 9.17) is 21.6 Å². The average molecular weight is 289 g/mol. The van der Waals surface area contributed by atoms with E-state index < -0.39 is 5.97 Å². The van der Waals surface area contributed by atoms with Crippen LogP contribution in [0, 0.1) is 11.3 Å². The van der Waals surface area contributed by atoms with Gasteiger partial charge in [0.1, 0.15) is 6.07 Å². The van der Waals surface area contributed by atoms with E-state index >= 15 is 0 Å². The highest BCUT2D eigenvalue weighted by molar-refractivity contribution is 9.10. The van der Waals surface area contributed by atoms with Crippen LogP contribution in [0.3, 0.4) is 0 Å². The van der Waals surface area contributed by atoms with Crippen LogP contribution in [0.1, 0.15) is 22.8 Å². The Morgan fingerprint density at radius 2 is 2.33 bits per heavy atom. The van der Waals surface area contributed by atoms with Gasteiger partial charge in [-0.15, -0.1) is 0 Å². The second-order valence-electron chi connectivity index (χ2n) is 2.64. The van der Waals surface area contributed by atoms with Gasteiger partial charge in [0.2, 0.25) is 0 Å². The summed E-state index contributed by atoms with van der Waals surface area (Å²) < 4.78 is 5.36. The second-order valence-corrected chi connectivity index (χ2v) is 3.91. The zero-order valence-corrected chi connectivity index (χ0v) is 10.2. The third kappa shape index (κ3) is 2.71. The number of rotatable bonds is 2. The molecule has 0 heterocycles. The van der Waals surface area contributed by atoms with E-state index in [0.717, 1.165) is 0 Å². The van der Waals surface area contributed by atoms with E-state index in [0.29, 0.717) is 10.0 Å². The minimum absolute atomic E-state index is 0.207. The molecule has 0 aliphatic heterocycles. The van der Waals surface area contributed by atoms with Crippen molar-refractivity contribution in [1.82, 2.24) is 0 Å². The molecule has 0 N–H and O–H groups in total. The lowest BCUT2D eigenvalue weighted by Gasteiger charge is -2.05. The number of hydrogen-bond donors (Lipinski definition) is 0. The third-order valence-electron chi connectivity index (χ3n) is 1.67. The van der Waals surface area contributed by atoms with E-state index in [2.05, 4.69) is 15.9 Å². The quantitative estimate of drug-likeness (QED) is 0.786. The molecule has 1 aromatic rings. The molecule has 0 atom stereocenters. The molecule has 0 unspecified atom stereocenters. The molecule has 78 valence electrons. The topological polar surface area (TPSA) is 50.1 Å². The molecule has 0 aromatic heterocycles. The van der Waals surface area contributed by atoms with Crippen LogP contribution < -0.4 is 0 Å². The molecule has 5 heteroatoms. The van der Waals surface area contributed by atoms with E-state index in [-0.39, 0.29) is 17.2 Å². The predicted octanol–water partition coefficient (Wildman–Crippen LogP) is 3.15. The van der Waals surface area contributed by atoms with Crippen molar-refractivity contribution in [1.29, 1.82) is 5.26 Å². The summed E-state index contributed by atoms with van der Waals surface area (Å²) in [5, 5.41) is 9.03. The van der Waals surface area contributed by atoms with E-state index in [1.54, 1.807) is 6.92 Å². The Labute approximate surface area is 101 Å². The van der Waals surface area contributed by atoms with Gasteiger partial charge in [-0.25, -0.2) is 4.79 Å². The van der Waals surface area contributed by atoms with Crippen molar-refractivity contribution in [3.05, 3.63) is 32.8 Å². The van der Waals surface area contributed by atoms with Crippen molar-refractivity contribution in [2.45, 2.75) is 6.92 Å². The highest BCUT2D eigenvalue weighted by Gasteiger charge is 2.14. The molecule has 15 heavy (non-hydrogen) atoms. The van der Waals surface area contributed by atoms with Gasteiger partial charge in [-0.05, 0) is 35.0 Å². The minimum Gasteiger partial charge on any atom is -0.462 e. The average Bonchev–Trinajstić information content (AvgIpc) is 2.18. The molecule has 0 saturated carbocycles. The summed E-state index contributed by atoms with van der Waals surface area (Å²) in [5.41, 5.74) is 0.556. The van der Waals surface area contributed by atoms with Crippen molar-refractivity contribution in [2.24, 2.45) is 0 Å².